The fraction of sp³-hybridized carbons (Fsp3) is 0.357. The predicted octanol–water partition coefficient (Wildman–Crippen LogP) is 1.51. The molecule has 1 atom stereocenters. The minimum absolute atomic E-state index is 0.00875. The van der Waals surface area contributed by atoms with Gasteiger partial charge in [-0.15, -0.1) is 0 Å². The van der Waals surface area contributed by atoms with E-state index in [0.717, 1.165) is 5.52 Å². The Morgan fingerprint density at radius 2 is 2.29 bits per heavy atom. The Kier molecular flexibility index (Phi) is 4.54. The number of benzene rings is 1. The van der Waals surface area contributed by atoms with Gasteiger partial charge in [0.15, 0.2) is 0 Å². The Morgan fingerprint density at radius 3 is 2.90 bits per heavy atom. The Hall–Kier alpha value is -2.41. The zero-order valence-corrected chi connectivity index (χ0v) is 11.6. The summed E-state index contributed by atoms with van der Waals surface area (Å²) in [6.07, 6.45) is 2.42. The van der Waals surface area contributed by atoms with Gasteiger partial charge in [-0.25, -0.2) is 0 Å². The second-order valence-electron chi connectivity index (χ2n) is 4.83. The number of non-ortho nitro benzene ring substituents is 1. The number of carbonyl (C=O) groups is 1. The summed E-state index contributed by atoms with van der Waals surface area (Å²) < 4.78 is 0. The van der Waals surface area contributed by atoms with Crippen molar-refractivity contribution in [3.8, 4) is 0 Å². The first-order chi connectivity index (χ1) is 10.0. The number of nitrogens with one attached hydrogen (secondary N) is 2. The molecular formula is C14H17N3O4. The number of aliphatic hydroxyl groups excluding tert-OH is 1. The molecule has 0 spiro atoms. The first-order valence-corrected chi connectivity index (χ1v) is 6.69. The van der Waals surface area contributed by atoms with E-state index >= 15 is 0 Å². The number of hydrogen-bond donors (Lipinski definition) is 3. The van der Waals surface area contributed by atoms with E-state index in [4.69, 9.17) is 5.11 Å². The molecule has 1 heterocycles. The van der Waals surface area contributed by atoms with Crippen LogP contribution in [0.15, 0.2) is 24.4 Å². The van der Waals surface area contributed by atoms with E-state index in [0.29, 0.717) is 17.4 Å². The van der Waals surface area contributed by atoms with Gasteiger partial charge in [0, 0.05) is 29.2 Å². The lowest BCUT2D eigenvalue weighted by molar-refractivity contribution is -0.384. The number of nitrogens with zero attached hydrogens (tertiary/aromatic N) is 1. The van der Waals surface area contributed by atoms with Gasteiger partial charge < -0.3 is 15.4 Å². The van der Waals surface area contributed by atoms with Crippen LogP contribution in [0, 0.1) is 10.1 Å². The van der Waals surface area contributed by atoms with Gasteiger partial charge in [0.2, 0.25) is 5.91 Å². The third kappa shape index (κ3) is 3.38. The van der Waals surface area contributed by atoms with Crippen LogP contribution in [0.2, 0.25) is 0 Å². The van der Waals surface area contributed by atoms with Gasteiger partial charge >= 0.3 is 0 Å². The smallest absolute Gasteiger partial charge is 0.270 e. The third-order valence-electron chi connectivity index (χ3n) is 3.39. The number of amides is 1. The van der Waals surface area contributed by atoms with E-state index in [2.05, 4.69) is 10.3 Å². The van der Waals surface area contributed by atoms with E-state index in [1.54, 1.807) is 12.3 Å². The van der Waals surface area contributed by atoms with Gasteiger partial charge in [-0.2, -0.15) is 0 Å². The van der Waals surface area contributed by atoms with Gasteiger partial charge in [-0.3, -0.25) is 14.9 Å². The van der Waals surface area contributed by atoms with Crippen molar-refractivity contribution in [1.29, 1.82) is 0 Å². The molecule has 0 fully saturated rings. The molecular weight excluding hydrogens is 274 g/mol. The normalized spacial score (nSPS) is 12.3. The van der Waals surface area contributed by atoms with Gasteiger partial charge in [-0.05, 0) is 18.1 Å². The molecule has 1 aromatic carbocycles. The van der Waals surface area contributed by atoms with Crippen molar-refractivity contribution < 1.29 is 14.8 Å². The molecule has 0 aliphatic carbocycles. The second-order valence-corrected chi connectivity index (χ2v) is 4.83. The molecule has 0 radical (unpaired) electrons. The number of aromatic nitrogens is 1. The van der Waals surface area contributed by atoms with Crippen LogP contribution in [0.1, 0.15) is 18.9 Å². The summed E-state index contributed by atoms with van der Waals surface area (Å²) in [5.41, 5.74) is 1.43. The summed E-state index contributed by atoms with van der Waals surface area (Å²) >= 11 is 0. The van der Waals surface area contributed by atoms with E-state index in [9.17, 15) is 14.9 Å². The lowest BCUT2D eigenvalue weighted by atomic mass is 10.1. The highest BCUT2D eigenvalue weighted by Gasteiger charge is 2.14. The molecule has 0 saturated heterocycles. The molecule has 112 valence electrons. The molecule has 7 heteroatoms. The maximum atomic E-state index is 11.9. The molecule has 2 aromatic rings. The maximum Gasteiger partial charge on any atom is 0.270 e. The number of aromatic amines is 1. The Balaban J connectivity index is 2.20. The van der Waals surface area contributed by atoms with Crippen molar-refractivity contribution in [3.05, 3.63) is 40.1 Å². The summed E-state index contributed by atoms with van der Waals surface area (Å²) in [6.45, 7) is 1.76. The summed E-state index contributed by atoms with van der Waals surface area (Å²) in [5.74, 6) is -0.219. The van der Waals surface area contributed by atoms with Crippen molar-refractivity contribution in [3.63, 3.8) is 0 Å². The molecule has 1 aromatic heterocycles. The Bertz CT molecular complexity index is 661. The molecule has 0 unspecified atom stereocenters. The van der Waals surface area contributed by atoms with Crippen molar-refractivity contribution >= 4 is 22.5 Å². The van der Waals surface area contributed by atoms with Crippen LogP contribution >= 0.6 is 0 Å². The van der Waals surface area contributed by atoms with Gasteiger partial charge in [0.25, 0.3) is 5.69 Å². The van der Waals surface area contributed by atoms with Gasteiger partial charge in [0.05, 0.1) is 24.0 Å². The molecule has 3 N–H and O–H groups in total. The fourth-order valence-corrected chi connectivity index (χ4v) is 2.15. The third-order valence-corrected chi connectivity index (χ3v) is 3.39. The van der Waals surface area contributed by atoms with Crippen LogP contribution in [0.25, 0.3) is 10.9 Å². The standard InChI is InChI=1S/C14H17N3O4/c1-2-10(8-18)16-14(19)5-9-7-15-13-4-3-11(17(20)21)6-12(9)13/h3-4,6-7,10,15,18H,2,5,8H2,1H3,(H,16,19)/t10-/m0/s1. The highest BCUT2D eigenvalue weighted by atomic mass is 16.6. The quantitative estimate of drug-likeness (QED) is 0.553. The molecule has 0 bridgehead atoms. The lowest BCUT2D eigenvalue weighted by Crippen LogP contribution is -2.37. The average molecular weight is 291 g/mol. The summed E-state index contributed by atoms with van der Waals surface area (Å²) in [4.78, 5) is 25.3. The molecule has 0 aliphatic rings. The van der Waals surface area contributed by atoms with Crippen LogP contribution in [0.3, 0.4) is 0 Å². The number of H-pyrrole nitrogens is 1. The van der Waals surface area contributed by atoms with Crippen LogP contribution in [-0.2, 0) is 11.2 Å². The summed E-state index contributed by atoms with van der Waals surface area (Å²) in [5, 5.41) is 23.3. The van der Waals surface area contributed by atoms with E-state index in [1.807, 2.05) is 6.92 Å². The highest BCUT2D eigenvalue weighted by molar-refractivity contribution is 5.90. The topological polar surface area (TPSA) is 108 Å². The number of carbonyl (C=O) groups excluding carboxylic acids is 1. The lowest BCUT2D eigenvalue weighted by Gasteiger charge is -2.13. The van der Waals surface area contributed by atoms with E-state index in [-0.39, 0.29) is 30.7 Å². The first-order valence-electron chi connectivity index (χ1n) is 6.69. The molecule has 1 amide bonds. The predicted molar refractivity (Wildman–Crippen MR) is 78.0 cm³/mol. The molecule has 0 saturated carbocycles. The van der Waals surface area contributed by atoms with Gasteiger partial charge in [-0.1, -0.05) is 6.92 Å². The minimum atomic E-state index is -0.463. The second kappa shape index (κ2) is 6.36. The van der Waals surface area contributed by atoms with Crippen molar-refractivity contribution in [2.75, 3.05) is 6.61 Å². The van der Waals surface area contributed by atoms with Crippen molar-refractivity contribution in [1.82, 2.24) is 10.3 Å². The van der Waals surface area contributed by atoms with Crippen molar-refractivity contribution in [2.24, 2.45) is 0 Å². The summed E-state index contributed by atoms with van der Waals surface area (Å²) in [6, 6.07) is 4.23. The molecule has 0 aliphatic heterocycles. The first kappa shape index (κ1) is 15.0. The highest BCUT2D eigenvalue weighted by Crippen LogP contribution is 2.24. The number of nitro groups is 1. The monoisotopic (exact) mass is 291 g/mol. The number of nitro benzene ring substituents is 1. The van der Waals surface area contributed by atoms with Crippen LogP contribution < -0.4 is 5.32 Å². The Labute approximate surface area is 121 Å². The molecule has 2 rings (SSSR count). The van der Waals surface area contributed by atoms with Crippen LogP contribution in [0.4, 0.5) is 5.69 Å². The number of hydrogen-bond acceptors (Lipinski definition) is 4. The molecule has 7 nitrogen and oxygen atoms in total. The fourth-order valence-electron chi connectivity index (χ4n) is 2.15. The van der Waals surface area contributed by atoms with Crippen LogP contribution in [-0.4, -0.2) is 33.6 Å². The van der Waals surface area contributed by atoms with Crippen molar-refractivity contribution in [2.45, 2.75) is 25.8 Å². The minimum Gasteiger partial charge on any atom is -0.394 e. The number of aliphatic hydroxyl groups is 1. The average Bonchev–Trinajstić information content (AvgIpc) is 2.87. The van der Waals surface area contributed by atoms with Gasteiger partial charge in [0.1, 0.15) is 0 Å². The van der Waals surface area contributed by atoms with Crippen LogP contribution in [0.5, 0.6) is 0 Å². The van der Waals surface area contributed by atoms with E-state index < -0.39 is 4.92 Å². The zero-order valence-electron chi connectivity index (χ0n) is 11.6. The molecule has 21 heavy (non-hydrogen) atoms. The SMILES string of the molecule is CC[C@@H](CO)NC(=O)Cc1c[nH]c2ccc([N+](=O)[O-])cc12. The number of fused-ring (bicyclic) bond motifs is 1. The Morgan fingerprint density at radius 1 is 1.52 bits per heavy atom. The number of rotatable bonds is 6. The largest absolute Gasteiger partial charge is 0.394 e. The summed E-state index contributed by atoms with van der Waals surface area (Å²) in [7, 11) is 0. The van der Waals surface area contributed by atoms with E-state index in [1.165, 1.54) is 12.1 Å². The maximum absolute atomic E-state index is 11.9. The zero-order chi connectivity index (χ0) is 15.4.